The lowest BCUT2D eigenvalue weighted by molar-refractivity contribution is -0.137. The standard InChI is InChI=1S/C17H16F3N3O2/c1-23(10-11-2-6-13(7-3-11)17(18,19)20)15(24)12-4-8-14(9-5-12)22-16(21)25/h2-9H,10H2,1H3,(H3,21,22,25). The van der Waals surface area contributed by atoms with Crippen molar-refractivity contribution in [2.75, 3.05) is 12.4 Å². The summed E-state index contributed by atoms with van der Waals surface area (Å²) in [5, 5.41) is 2.38. The maximum absolute atomic E-state index is 12.5. The second-order valence-electron chi connectivity index (χ2n) is 5.42. The predicted octanol–water partition coefficient (Wildman–Crippen LogP) is 3.47. The lowest BCUT2D eigenvalue weighted by Crippen LogP contribution is -2.26. The minimum Gasteiger partial charge on any atom is -0.351 e. The van der Waals surface area contributed by atoms with Crippen LogP contribution < -0.4 is 11.1 Å². The van der Waals surface area contributed by atoms with Crippen LogP contribution in [-0.4, -0.2) is 23.9 Å². The molecule has 2 aromatic carbocycles. The molecule has 132 valence electrons. The summed E-state index contributed by atoms with van der Waals surface area (Å²) in [4.78, 5) is 24.5. The summed E-state index contributed by atoms with van der Waals surface area (Å²) in [6.07, 6.45) is -4.39. The van der Waals surface area contributed by atoms with E-state index in [1.54, 1.807) is 7.05 Å². The second kappa shape index (κ2) is 7.25. The van der Waals surface area contributed by atoms with E-state index in [0.29, 0.717) is 16.8 Å². The number of nitrogens with one attached hydrogen (secondary N) is 1. The van der Waals surface area contributed by atoms with Gasteiger partial charge in [-0.25, -0.2) is 4.79 Å². The zero-order valence-corrected chi connectivity index (χ0v) is 13.3. The lowest BCUT2D eigenvalue weighted by atomic mass is 10.1. The highest BCUT2D eigenvalue weighted by molar-refractivity contribution is 5.95. The number of nitrogens with zero attached hydrogens (tertiary/aromatic N) is 1. The molecule has 0 aliphatic carbocycles. The Bertz CT molecular complexity index is 756. The van der Waals surface area contributed by atoms with Crippen molar-refractivity contribution in [3.63, 3.8) is 0 Å². The molecule has 0 heterocycles. The van der Waals surface area contributed by atoms with E-state index in [1.165, 1.54) is 41.3 Å². The minimum absolute atomic E-state index is 0.165. The van der Waals surface area contributed by atoms with Gasteiger partial charge < -0.3 is 16.0 Å². The topological polar surface area (TPSA) is 75.4 Å². The third-order valence-electron chi connectivity index (χ3n) is 3.45. The van der Waals surface area contributed by atoms with Crippen LogP contribution in [0.1, 0.15) is 21.5 Å². The maximum Gasteiger partial charge on any atom is 0.416 e. The van der Waals surface area contributed by atoms with Gasteiger partial charge >= 0.3 is 12.2 Å². The summed E-state index contributed by atoms with van der Waals surface area (Å²) in [5.41, 5.74) is 5.68. The molecule has 0 unspecified atom stereocenters. The molecule has 8 heteroatoms. The largest absolute Gasteiger partial charge is 0.416 e. The van der Waals surface area contributed by atoms with Gasteiger partial charge in [0.1, 0.15) is 0 Å². The van der Waals surface area contributed by atoms with Crippen LogP contribution in [0.2, 0.25) is 0 Å². The monoisotopic (exact) mass is 351 g/mol. The van der Waals surface area contributed by atoms with E-state index < -0.39 is 17.8 Å². The van der Waals surface area contributed by atoms with Crippen molar-refractivity contribution in [3.05, 3.63) is 65.2 Å². The number of hydrogen-bond donors (Lipinski definition) is 2. The Hall–Kier alpha value is -3.03. The molecule has 0 atom stereocenters. The fourth-order valence-electron chi connectivity index (χ4n) is 2.20. The van der Waals surface area contributed by atoms with Gasteiger partial charge in [0.2, 0.25) is 0 Å². The van der Waals surface area contributed by atoms with E-state index in [2.05, 4.69) is 5.32 Å². The van der Waals surface area contributed by atoms with Crippen LogP contribution in [0, 0.1) is 0 Å². The molecule has 0 aromatic heterocycles. The number of halogens is 3. The van der Waals surface area contributed by atoms with Crippen molar-refractivity contribution in [1.82, 2.24) is 4.90 Å². The van der Waals surface area contributed by atoms with Crippen molar-refractivity contribution >= 4 is 17.6 Å². The van der Waals surface area contributed by atoms with E-state index in [0.717, 1.165) is 12.1 Å². The van der Waals surface area contributed by atoms with Crippen LogP contribution >= 0.6 is 0 Å². The SMILES string of the molecule is CN(Cc1ccc(C(F)(F)F)cc1)C(=O)c1ccc(NC(N)=O)cc1. The van der Waals surface area contributed by atoms with Crippen LogP contribution in [-0.2, 0) is 12.7 Å². The number of carbonyl (C=O) groups is 2. The number of nitrogens with two attached hydrogens (primary N) is 1. The molecule has 3 amide bonds. The van der Waals surface area contributed by atoms with Crippen molar-refractivity contribution in [1.29, 1.82) is 0 Å². The fraction of sp³-hybridized carbons (Fsp3) is 0.176. The molecular formula is C17H16F3N3O2. The van der Waals surface area contributed by atoms with E-state index in [9.17, 15) is 22.8 Å². The summed E-state index contributed by atoms with van der Waals surface area (Å²) in [6, 6.07) is 10.1. The van der Waals surface area contributed by atoms with Gasteiger partial charge in [-0.2, -0.15) is 13.2 Å². The summed E-state index contributed by atoms with van der Waals surface area (Å²) < 4.78 is 37.6. The molecule has 3 N–H and O–H groups in total. The van der Waals surface area contributed by atoms with E-state index in [4.69, 9.17) is 5.73 Å². The van der Waals surface area contributed by atoms with Gasteiger partial charge in [0.05, 0.1) is 5.56 Å². The summed E-state index contributed by atoms with van der Waals surface area (Å²) in [6.45, 7) is 0.165. The number of hydrogen-bond acceptors (Lipinski definition) is 2. The van der Waals surface area contributed by atoms with Crippen LogP contribution in [0.5, 0.6) is 0 Å². The highest BCUT2D eigenvalue weighted by Gasteiger charge is 2.30. The van der Waals surface area contributed by atoms with Crippen LogP contribution in [0.15, 0.2) is 48.5 Å². The molecule has 0 radical (unpaired) electrons. The smallest absolute Gasteiger partial charge is 0.351 e. The molecule has 0 saturated heterocycles. The Labute approximate surface area is 142 Å². The van der Waals surface area contributed by atoms with E-state index in [-0.39, 0.29) is 12.5 Å². The Kier molecular flexibility index (Phi) is 5.31. The van der Waals surface area contributed by atoms with E-state index >= 15 is 0 Å². The zero-order chi connectivity index (χ0) is 18.6. The molecular weight excluding hydrogens is 335 g/mol. The molecule has 2 aromatic rings. The molecule has 2 rings (SSSR count). The van der Waals surface area contributed by atoms with Crippen molar-refractivity contribution in [2.24, 2.45) is 5.73 Å². The molecule has 0 saturated carbocycles. The zero-order valence-electron chi connectivity index (χ0n) is 13.3. The molecule has 0 aliphatic heterocycles. The van der Waals surface area contributed by atoms with E-state index in [1.807, 2.05) is 0 Å². The highest BCUT2D eigenvalue weighted by atomic mass is 19.4. The van der Waals surface area contributed by atoms with Gasteiger partial charge in [0.15, 0.2) is 0 Å². The van der Waals surface area contributed by atoms with Crippen LogP contribution in [0.25, 0.3) is 0 Å². The van der Waals surface area contributed by atoms with Gasteiger partial charge in [0, 0.05) is 24.8 Å². The number of primary amides is 1. The summed E-state index contributed by atoms with van der Waals surface area (Å²) in [7, 11) is 1.55. The molecule has 25 heavy (non-hydrogen) atoms. The Morgan fingerprint density at radius 3 is 2.08 bits per heavy atom. The maximum atomic E-state index is 12.5. The Morgan fingerprint density at radius 1 is 1.04 bits per heavy atom. The van der Waals surface area contributed by atoms with Crippen LogP contribution in [0.4, 0.5) is 23.7 Å². The number of alkyl halides is 3. The van der Waals surface area contributed by atoms with Gasteiger partial charge in [-0.05, 0) is 42.0 Å². The average Bonchev–Trinajstić information content (AvgIpc) is 2.54. The molecule has 0 aliphatic rings. The number of benzene rings is 2. The van der Waals surface area contributed by atoms with Crippen molar-refractivity contribution < 1.29 is 22.8 Å². The van der Waals surface area contributed by atoms with Gasteiger partial charge in [-0.3, -0.25) is 4.79 Å². The van der Waals surface area contributed by atoms with Gasteiger partial charge in [0.25, 0.3) is 5.91 Å². The van der Waals surface area contributed by atoms with Crippen molar-refractivity contribution in [2.45, 2.75) is 12.7 Å². The van der Waals surface area contributed by atoms with Gasteiger partial charge in [-0.1, -0.05) is 12.1 Å². The number of anilines is 1. The Balaban J connectivity index is 2.03. The van der Waals surface area contributed by atoms with Crippen LogP contribution in [0.3, 0.4) is 0 Å². The summed E-state index contributed by atoms with van der Waals surface area (Å²) in [5.74, 6) is -0.300. The summed E-state index contributed by atoms with van der Waals surface area (Å²) >= 11 is 0. The van der Waals surface area contributed by atoms with Crippen molar-refractivity contribution in [3.8, 4) is 0 Å². The quantitative estimate of drug-likeness (QED) is 0.885. The first kappa shape index (κ1) is 18.3. The number of carbonyl (C=O) groups excluding carboxylic acids is 2. The number of amides is 3. The minimum atomic E-state index is -4.39. The first-order valence-electron chi connectivity index (χ1n) is 7.25. The predicted molar refractivity (Wildman–Crippen MR) is 86.9 cm³/mol. The molecule has 0 bridgehead atoms. The van der Waals surface area contributed by atoms with Gasteiger partial charge in [-0.15, -0.1) is 0 Å². The fourth-order valence-corrected chi connectivity index (χ4v) is 2.20. The highest BCUT2D eigenvalue weighted by Crippen LogP contribution is 2.29. The normalized spacial score (nSPS) is 11.0. The third-order valence-corrected chi connectivity index (χ3v) is 3.45. The molecule has 0 fully saturated rings. The third kappa shape index (κ3) is 4.97. The Morgan fingerprint density at radius 2 is 1.60 bits per heavy atom. The number of urea groups is 1. The number of rotatable bonds is 4. The second-order valence-corrected chi connectivity index (χ2v) is 5.42. The average molecular weight is 351 g/mol. The molecule has 0 spiro atoms. The first-order valence-corrected chi connectivity index (χ1v) is 7.25. The lowest BCUT2D eigenvalue weighted by Gasteiger charge is -2.18. The molecule has 5 nitrogen and oxygen atoms in total. The first-order chi connectivity index (χ1) is 11.7.